The molecule has 0 saturated carbocycles. The molecule has 170 valence electrons. The van der Waals surface area contributed by atoms with Crippen molar-refractivity contribution >= 4 is 39.2 Å². The van der Waals surface area contributed by atoms with Gasteiger partial charge in [-0.25, -0.2) is 9.48 Å². The molecule has 1 aliphatic rings. The summed E-state index contributed by atoms with van der Waals surface area (Å²) in [4.78, 5) is 12.9. The van der Waals surface area contributed by atoms with Crippen LogP contribution in [0, 0.1) is 0 Å². The summed E-state index contributed by atoms with van der Waals surface area (Å²) in [6.45, 7) is 3.87. The monoisotopic (exact) mass is 526 g/mol. The van der Waals surface area contributed by atoms with Crippen LogP contribution in [0.3, 0.4) is 0 Å². The average Bonchev–Trinajstić information content (AvgIpc) is 3.24. The molecule has 0 amide bonds. The van der Waals surface area contributed by atoms with Crippen LogP contribution in [-0.4, -0.2) is 34.6 Å². The van der Waals surface area contributed by atoms with Gasteiger partial charge in [0.15, 0.2) is 5.11 Å². The van der Waals surface area contributed by atoms with Gasteiger partial charge in [-0.3, -0.25) is 0 Å². The Hall–Kier alpha value is -3.17. The molecule has 2 aromatic carbocycles. The zero-order valence-corrected chi connectivity index (χ0v) is 20.8. The predicted molar refractivity (Wildman–Crippen MR) is 134 cm³/mol. The molecule has 7 nitrogen and oxygen atoms in total. The summed E-state index contributed by atoms with van der Waals surface area (Å²) < 4.78 is 13.3. The van der Waals surface area contributed by atoms with Crippen LogP contribution in [0.2, 0.25) is 0 Å². The lowest BCUT2D eigenvalue weighted by Crippen LogP contribution is -2.45. The van der Waals surface area contributed by atoms with Gasteiger partial charge in [-0.15, -0.1) is 0 Å². The molecule has 1 unspecified atom stereocenters. The molecule has 2 heterocycles. The summed E-state index contributed by atoms with van der Waals surface area (Å²) in [5.41, 5.74) is 4.37. The second kappa shape index (κ2) is 9.76. The van der Waals surface area contributed by atoms with Gasteiger partial charge >= 0.3 is 5.97 Å². The number of para-hydroxylation sites is 1. The van der Waals surface area contributed by atoms with E-state index in [1.165, 1.54) is 0 Å². The fourth-order valence-electron chi connectivity index (χ4n) is 3.76. The summed E-state index contributed by atoms with van der Waals surface area (Å²) in [6, 6.07) is 15.0. The maximum absolute atomic E-state index is 12.9. The molecule has 33 heavy (non-hydrogen) atoms. The number of nitrogens with one attached hydrogen (secondary N) is 2. The van der Waals surface area contributed by atoms with Crippen molar-refractivity contribution in [1.29, 1.82) is 0 Å². The van der Waals surface area contributed by atoms with E-state index < -0.39 is 12.0 Å². The molecular weight excluding hydrogens is 504 g/mol. The summed E-state index contributed by atoms with van der Waals surface area (Å²) in [5.74, 6) is 0.309. The molecule has 1 aliphatic heterocycles. The number of rotatable bonds is 6. The van der Waals surface area contributed by atoms with E-state index in [1.54, 1.807) is 18.7 Å². The van der Waals surface area contributed by atoms with E-state index in [9.17, 15) is 4.79 Å². The van der Waals surface area contributed by atoms with Gasteiger partial charge in [0.1, 0.15) is 5.75 Å². The van der Waals surface area contributed by atoms with E-state index in [-0.39, 0.29) is 6.61 Å². The number of thiocarbonyl (C=S) groups is 1. The molecule has 4 rings (SSSR count). The van der Waals surface area contributed by atoms with Crippen molar-refractivity contribution in [3.63, 3.8) is 0 Å². The number of carbonyl (C=O) groups excluding carboxylic acids is 1. The van der Waals surface area contributed by atoms with E-state index in [1.807, 2.05) is 61.7 Å². The minimum absolute atomic E-state index is 0.272. The standard InChI is InChI=1S/C24H23BrN4O3S/c1-4-32-23(30)20-14(2)26-24(33)27-22(20)17-13-29(16-8-6-5-7-9-16)28-21(17)15-10-11-19(31-3)18(25)12-15/h5-13,22H,4H2,1-3H3,(H2,26,27,33). The number of ether oxygens (including phenoxy) is 2. The number of nitrogens with zero attached hydrogens (tertiary/aromatic N) is 2. The number of esters is 1. The van der Waals surface area contributed by atoms with Crippen LogP contribution in [0.15, 0.2) is 70.5 Å². The minimum Gasteiger partial charge on any atom is -0.496 e. The molecule has 3 aromatic rings. The number of halogens is 1. The van der Waals surface area contributed by atoms with Crippen molar-refractivity contribution in [3.8, 4) is 22.7 Å². The van der Waals surface area contributed by atoms with Crippen molar-refractivity contribution in [2.24, 2.45) is 0 Å². The van der Waals surface area contributed by atoms with Crippen LogP contribution in [0.1, 0.15) is 25.5 Å². The van der Waals surface area contributed by atoms with Crippen molar-refractivity contribution in [3.05, 3.63) is 76.0 Å². The van der Waals surface area contributed by atoms with Gasteiger partial charge in [0.05, 0.1) is 41.2 Å². The van der Waals surface area contributed by atoms with Gasteiger partial charge in [0, 0.05) is 23.0 Å². The molecule has 0 saturated heterocycles. The molecule has 0 spiro atoms. The fourth-order valence-corrected chi connectivity index (χ4v) is 4.57. The maximum atomic E-state index is 12.9. The first kappa shape index (κ1) is 23.0. The van der Waals surface area contributed by atoms with Crippen LogP contribution >= 0.6 is 28.1 Å². The number of benzene rings is 2. The van der Waals surface area contributed by atoms with Crippen molar-refractivity contribution in [2.45, 2.75) is 19.9 Å². The lowest BCUT2D eigenvalue weighted by Gasteiger charge is -2.29. The highest BCUT2D eigenvalue weighted by Crippen LogP contribution is 2.37. The topological polar surface area (TPSA) is 77.4 Å². The highest BCUT2D eigenvalue weighted by molar-refractivity contribution is 9.10. The Kier molecular flexibility index (Phi) is 6.80. The summed E-state index contributed by atoms with van der Waals surface area (Å²) >= 11 is 8.98. The highest BCUT2D eigenvalue weighted by Gasteiger charge is 2.34. The van der Waals surface area contributed by atoms with E-state index in [0.717, 1.165) is 21.3 Å². The van der Waals surface area contributed by atoms with Gasteiger partial charge in [-0.1, -0.05) is 18.2 Å². The van der Waals surface area contributed by atoms with Crippen molar-refractivity contribution < 1.29 is 14.3 Å². The molecule has 1 aromatic heterocycles. The first-order valence-corrected chi connectivity index (χ1v) is 11.6. The second-order valence-electron chi connectivity index (χ2n) is 7.35. The first-order chi connectivity index (χ1) is 15.9. The molecule has 2 N–H and O–H groups in total. The Morgan fingerprint density at radius 2 is 2.00 bits per heavy atom. The largest absolute Gasteiger partial charge is 0.496 e. The van der Waals surface area contributed by atoms with Crippen molar-refractivity contribution in [2.75, 3.05) is 13.7 Å². The van der Waals surface area contributed by atoms with Crippen LogP contribution in [0.25, 0.3) is 16.9 Å². The minimum atomic E-state index is -0.536. The molecule has 0 aliphatic carbocycles. The smallest absolute Gasteiger partial charge is 0.338 e. The average molecular weight is 527 g/mol. The molecule has 0 radical (unpaired) electrons. The SMILES string of the molecule is CCOC(=O)C1=C(C)NC(=S)NC1c1cn(-c2ccccc2)nc1-c1ccc(OC)c(Br)c1. The van der Waals surface area contributed by atoms with E-state index in [4.69, 9.17) is 26.8 Å². The normalized spacial score (nSPS) is 15.6. The maximum Gasteiger partial charge on any atom is 0.338 e. The lowest BCUT2D eigenvalue weighted by atomic mass is 9.94. The molecule has 0 fully saturated rings. The predicted octanol–water partition coefficient (Wildman–Crippen LogP) is 4.67. The van der Waals surface area contributed by atoms with Gasteiger partial charge in [-0.05, 0) is 72.3 Å². The second-order valence-corrected chi connectivity index (χ2v) is 8.62. The van der Waals surface area contributed by atoms with E-state index in [0.29, 0.717) is 27.8 Å². The quantitative estimate of drug-likeness (QED) is 0.357. The molecule has 1 atom stereocenters. The Morgan fingerprint density at radius 1 is 1.24 bits per heavy atom. The first-order valence-electron chi connectivity index (χ1n) is 10.4. The van der Waals surface area contributed by atoms with Crippen LogP contribution < -0.4 is 15.4 Å². The number of aromatic nitrogens is 2. The third-order valence-corrected chi connectivity index (χ3v) is 6.10. The number of methoxy groups -OCH3 is 1. The van der Waals surface area contributed by atoms with Gasteiger partial charge in [0.25, 0.3) is 0 Å². The Balaban J connectivity index is 1.91. The fraction of sp³-hybridized carbons (Fsp3) is 0.208. The Labute approximate surface area is 205 Å². The molecule has 9 heteroatoms. The van der Waals surface area contributed by atoms with Gasteiger partial charge in [0.2, 0.25) is 0 Å². The number of hydrogen-bond acceptors (Lipinski definition) is 5. The Bertz CT molecular complexity index is 1240. The van der Waals surface area contributed by atoms with Gasteiger partial charge < -0.3 is 20.1 Å². The third kappa shape index (κ3) is 4.65. The van der Waals surface area contributed by atoms with Crippen LogP contribution in [-0.2, 0) is 9.53 Å². The molecular formula is C24H23BrN4O3S. The van der Waals surface area contributed by atoms with E-state index in [2.05, 4.69) is 26.6 Å². The third-order valence-electron chi connectivity index (χ3n) is 5.26. The number of carbonyl (C=O) groups is 1. The molecule has 0 bridgehead atoms. The van der Waals surface area contributed by atoms with Crippen LogP contribution in [0.5, 0.6) is 5.75 Å². The van der Waals surface area contributed by atoms with E-state index >= 15 is 0 Å². The lowest BCUT2D eigenvalue weighted by molar-refractivity contribution is -0.139. The van der Waals surface area contributed by atoms with Gasteiger partial charge in [-0.2, -0.15) is 5.10 Å². The summed E-state index contributed by atoms with van der Waals surface area (Å²) in [5, 5.41) is 11.6. The Morgan fingerprint density at radius 3 is 2.67 bits per heavy atom. The zero-order valence-electron chi connectivity index (χ0n) is 18.4. The number of allylic oxidation sites excluding steroid dienone is 1. The summed E-state index contributed by atoms with van der Waals surface area (Å²) in [6.07, 6.45) is 1.92. The van der Waals surface area contributed by atoms with Crippen molar-refractivity contribution in [1.82, 2.24) is 20.4 Å². The van der Waals surface area contributed by atoms with Crippen LogP contribution in [0.4, 0.5) is 0 Å². The summed E-state index contributed by atoms with van der Waals surface area (Å²) in [7, 11) is 1.62. The highest BCUT2D eigenvalue weighted by atomic mass is 79.9. The number of hydrogen-bond donors (Lipinski definition) is 2. The zero-order chi connectivity index (χ0) is 23.5.